The number of allylic oxidation sites excluding steroid dienone is 4. The molecule has 24 heavy (non-hydrogen) atoms. The van der Waals surface area contributed by atoms with Gasteiger partial charge in [-0.3, -0.25) is 6.08 Å². The first kappa shape index (κ1) is 23.0. The first-order valence-corrected chi connectivity index (χ1v) is 8.23. The Bertz CT molecular complexity index is 748. The smallest absolute Gasteiger partial charge is 0.0771 e. The van der Waals surface area contributed by atoms with Crippen molar-refractivity contribution in [2.75, 3.05) is 0 Å². The van der Waals surface area contributed by atoms with Crippen LogP contribution in [0.25, 0.3) is 21.5 Å². The van der Waals surface area contributed by atoms with Crippen LogP contribution in [0.2, 0.25) is 0 Å². The molecule has 0 aliphatic heterocycles. The summed E-state index contributed by atoms with van der Waals surface area (Å²) in [5.74, 6) is 0. The fraction of sp³-hybridized carbons (Fsp3) is 0.143. The zero-order valence-electron chi connectivity index (χ0n) is 13.9. The molecule has 0 spiro atoms. The minimum absolute atomic E-state index is 0. The van der Waals surface area contributed by atoms with Gasteiger partial charge in [0.1, 0.15) is 0 Å². The molecule has 0 fully saturated rings. The Morgan fingerprint density at radius 1 is 0.917 bits per heavy atom. The summed E-state index contributed by atoms with van der Waals surface area (Å²) in [6.45, 7) is 4.17. The Labute approximate surface area is 168 Å². The molecule has 1 aliphatic rings. The van der Waals surface area contributed by atoms with E-state index in [1.165, 1.54) is 25.4 Å². The third-order valence-corrected chi connectivity index (χ3v) is 3.11. The second-order valence-corrected chi connectivity index (χ2v) is 6.88. The van der Waals surface area contributed by atoms with E-state index in [2.05, 4.69) is 101 Å². The summed E-state index contributed by atoms with van der Waals surface area (Å²) in [4.78, 5) is 0. The van der Waals surface area contributed by atoms with Crippen LogP contribution in [-0.4, -0.2) is 3.81 Å². The summed E-state index contributed by atoms with van der Waals surface area (Å²) in [5, 5.41) is 5.39. The summed E-state index contributed by atoms with van der Waals surface area (Å²) in [6, 6.07) is 19.3. The van der Waals surface area contributed by atoms with Gasteiger partial charge in [0.15, 0.2) is 0 Å². The second-order valence-electron chi connectivity index (χ2n) is 5.32. The molecule has 3 aromatic rings. The van der Waals surface area contributed by atoms with E-state index in [9.17, 15) is 0 Å². The Hall–Kier alpha value is -1.05. The van der Waals surface area contributed by atoms with E-state index in [1.54, 1.807) is 0 Å². The first-order chi connectivity index (χ1) is 10.7. The molecule has 0 N–H and O–H groups in total. The van der Waals surface area contributed by atoms with Gasteiger partial charge in [0.05, 0.1) is 0 Å². The number of rotatable bonds is 0. The fourth-order valence-corrected chi connectivity index (χ4v) is 2.24. The molecule has 0 saturated carbocycles. The van der Waals surface area contributed by atoms with Crippen molar-refractivity contribution in [3.05, 3.63) is 78.9 Å². The molecule has 0 bridgehead atoms. The first-order valence-electron chi connectivity index (χ1n) is 7.45. The van der Waals surface area contributed by atoms with Crippen molar-refractivity contribution in [2.24, 2.45) is 0 Å². The molecule has 0 amide bonds. The molecule has 0 nitrogen and oxygen atoms in total. The standard InChI is InChI=1S/C13H9.C5H5.C3H6.2ClH.Ti/c1-3-7-12-10(5-1)9-11-6-2-4-8-13(11)12;1-2-4-5-3-1;1-3-2;;;/h1-9H;1-3H,4H2;1-2H3;2*1H;/q2*-1;;;;+2/p-2. The van der Waals surface area contributed by atoms with E-state index in [0.717, 1.165) is 6.42 Å². The maximum Gasteiger partial charge on any atom is -0.0771 e. The molecule has 3 aromatic carbocycles. The summed E-state index contributed by atoms with van der Waals surface area (Å²) < 4.78 is 1.42. The minimum Gasteiger partial charge on any atom is -1.00 e. The van der Waals surface area contributed by atoms with Crippen molar-refractivity contribution in [2.45, 2.75) is 20.3 Å². The summed E-state index contributed by atoms with van der Waals surface area (Å²) in [7, 11) is 0. The van der Waals surface area contributed by atoms with Gasteiger partial charge >= 0.3 is 37.6 Å². The predicted molar refractivity (Wildman–Crippen MR) is 95.0 cm³/mol. The van der Waals surface area contributed by atoms with Gasteiger partial charge in [0.25, 0.3) is 0 Å². The van der Waals surface area contributed by atoms with E-state index in [4.69, 9.17) is 0 Å². The Morgan fingerprint density at radius 3 is 1.71 bits per heavy atom. The molecule has 1 aliphatic carbocycles. The third kappa shape index (κ3) is 7.24. The predicted octanol–water partition coefficient (Wildman–Crippen LogP) is -0.229. The van der Waals surface area contributed by atoms with E-state index in [-0.39, 0.29) is 24.8 Å². The van der Waals surface area contributed by atoms with Crippen LogP contribution in [0.4, 0.5) is 0 Å². The van der Waals surface area contributed by atoms with Crippen LogP contribution in [0.1, 0.15) is 20.3 Å². The Morgan fingerprint density at radius 2 is 1.38 bits per heavy atom. The van der Waals surface area contributed by atoms with Crippen molar-refractivity contribution in [3.63, 3.8) is 0 Å². The van der Waals surface area contributed by atoms with Crippen molar-refractivity contribution in [1.29, 1.82) is 0 Å². The average molecular weight is 391 g/mol. The van der Waals surface area contributed by atoms with Gasteiger partial charge in [0.2, 0.25) is 0 Å². The fourth-order valence-electron chi connectivity index (χ4n) is 2.24. The molecular weight excluding hydrogens is 371 g/mol. The minimum atomic E-state index is 0. The maximum absolute atomic E-state index is 2.99. The zero-order valence-corrected chi connectivity index (χ0v) is 17.0. The largest absolute Gasteiger partial charge is 1.00 e. The average Bonchev–Trinajstić information content (AvgIpc) is 3.18. The van der Waals surface area contributed by atoms with Crippen LogP contribution in [0.15, 0.2) is 72.8 Å². The topological polar surface area (TPSA) is 0 Å². The second kappa shape index (κ2) is 12.3. The van der Waals surface area contributed by atoms with Crippen molar-refractivity contribution >= 4 is 25.4 Å². The Balaban J connectivity index is 0.000000409. The van der Waals surface area contributed by atoms with Gasteiger partial charge < -0.3 is 24.8 Å². The SMILES string of the molecule is C[C](C)=[Ti+2].[C-]1=CC=CC1.[Cl-].[Cl-].c1ccc2c(c1)[cH-]c1ccccc12. The number of hydrogen-bond donors (Lipinski definition) is 0. The van der Waals surface area contributed by atoms with Crippen LogP contribution in [-0.2, 0) is 20.0 Å². The molecule has 124 valence electrons. The van der Waals surface area contributed by atoms with E-state index < -0.39 is 0 Å². The van der Waals surface area contributed by atoms with Crippen LogP contribution in [0.5, 0.6) is 0 Å². The van der Waals surface area contributed by atoms with Gasteiger partial charge in [-0.2, -0.15) is 6.08 Å². The van der Waals surface area contributed by atoms with Gasteiger partial charge in [-0.25, -0.2) is 12.2 Å². The molecule has 0 unspecified atom stereocenters. The molecule has 0 heterocycles. The van der Waals surface area contributed by atoms with Crippen LogP contribution >= 0.6 is 0 Å². The van der Waals surface area contributed by atoms with E-state index in [1.807, 2.05) is 12.2 Å². The summed E-state index contributed by atoms with van der Waals surface area (Å²) in [6.07, 6.45) is 10.0. The van der Waals surface area contributed by atoms with Gasteiger partial charge in [-0.15, -0.1) is 46.2 Å². The zero-order chi connectivity index (χ0) is 15.8. The maximum atomic E-state index is 2.99. The molecule has 0 atom stereocenters. The van der Waals surface area contributed by atoms with E-state index in [0.29, 0.717) is 0 Å². The van der Waals surface area contributed by atoms with E-state index >= 15 is 0 Å². The number of fused-ring (bicyclic) bond motifs is 3. The quantitative estimate of drug-likeness (QED) is 0.367. The molecule has 0 aromatic heterocycles. The van der Waals surface area contributed by atoms with Crippen molar-refractivity contribution in [3.8, 4) is 0 Å². The molecule has 4 rings (SSSR count). The van der Waals surface area contributed by atoms with Crippen LogP contribution < -0.4 is 24.8 Å². The molecule has 0 saturated heterocycles. The summed E-state index contributed by atoms with van der Waals surface area (Å²) in [5.41, 5.74) is 0. The van der Waals surface area contributed by atoms with Crippen LogP contribution in [0, 0.1) is 6.08 Å². The van der Waals surface area contributed by atoms with Gasteiger partial charge in [-0.05, 0) is 0 Å². The monoisotopic (exact) mass is 390 g/mol. The molecule has 0 radical (unpaired) electrons. The number of hydrogen-bond acceptors (Lipinski definition) is 0. The van der Waals surface area contributed by atoms with Gasteiger partial charge in [-0.1, -0.05) is 36.4 Å². The normalized spacial score (nSPS) is 10.8. The number of benzene rings is 2. The summed E-state index contributed by atoms with van der Waals surface area (Å²) >= 11 is 2.08. The molecular formula is C21H20Cl2Ti-2. The Kier molecular flexibility index (Phi) is 11.8. The number of halogens is 2. The van der Waals surface area contributed by atoms with Crippen molar-refractivity contribution < 1.29 is 44.8 Å². The van der Waals surface area contributed by atoms with Crippen LogP contribution in [0.3, 0.4) is 0 Å². The van der Waals surface area contributed by atoms with Crippen molar-refractivity contribution in [1.82, 2.24) is 0 Å². The third-order valence-electron chi connectivity index (χ3n) is 3.11. The molecule has 3 heteroatoms. The van der Waals surface area contributed by atoms with Gasteiger partial charge in [0, 0.05) is 0 Å².